The quantitative estimate of drug-likeness (QED) is 0.692. The zero-order valence-electron chi connectivity index (χ0n) is 14.7. The van der Waals surface area contributed by atoms with E-state index < -0.39 is 5.25 Å². The fraction of sp³-hybridized carbons (Fsp3) is 0.211. The molecule has 1 aliphatic heterocycles. The topological polar surface area (TPSA) is 61.8 Å². The Morgan fingerprint density at radius 1 is 1.30 bits per heavy atom. The van der Waals surface area contributed by atoms with Crippen LogP contribution in [0.25, 0.3) is 0 Å². The zero-order chi connectivity index (χ0) is 19.6. The summed E-state index contributed by atoms with van der Waals surface area (Å²) in [4.78, 5) is 31.0. The van der Waals surface area contributed by atoms with Crippen LogP contribution >= 0.6 is 39.3 Å². The van der Waals surface area contributed by atoms with Gasteiger partial charge in [-0.15, -0.1) is 0 Å². The van der Waals surface area contributed by atoms with Crippen molar-refractivity contribution >= 4 is 67.6 Å². The molecule has 2 amide bonds. The Kier molecular flexibility index (Phi) is 6.24. The molecule has 0 aliphatic carbocycles. The summed E-state index contributed by atoms with van der Waals surface area (Å²) >= 11 is 10.7. The Labute approximate surface area is 175 Å². The lowest BCUT2D eigenvalue weighted by atomic mass is 10.2. The summed E-state index contributed by atoms with van der Waals surface area (Å²) in [6.45, 7) is 1.89. The van der Waals surface area contributed by atoms with Crippen LogP contribution < -0.4 is 5.32 Å². The highest BCUT2D eigenvalue weighted by Gasteiger charge is 2.34. The van der Waals surface area contributed by atoms with Crippen LogP contribution in [-0.4, -0.2) is 34.2 Å². The Bertz CT molecular complexity index is 918. The third kappa shape index (κ3) is 4.91. The van der Waals surface area contributed by atoms with Gasteiger partial charge in [-0.25, -0.2) is 4.99 Å². The molecule has 0 bridgehead atoms. The van der Waals surface area contributed by atoms with Crippen LogP contribution in [-0.2, 0) is 9.59 Å². The van der Waals surface area contributed by atoms with Crippen molar-refractivity contribution in [3.8, 4) is 0 Å². The Morgan fingerprint density at radius 3 is 2.67 bits per heavy atom. The molecular formula is C19H17BrClN3O2S. The normalized spacial score (nSPS) is 18.7. The minimum Gasteiger partial charge on any atom is -0.325 e. The second-order valence-electron chi connectivity index (χ2n) is 6.09. The van der Waals surface area contributed by atoms with Crippen LogP contribution in [0.4, 0.5) is 11.4 Å². The van der Waals surface area contributed by atoms with E-state index in [0.29, 0.717) is 21.6 Å². The number of thioether (sulfide) groups is 1. The lowest BCUT2D eigenvalue weighted by Gasteiger charge is -2.28. The molecule has 0 radical (unpaired) electrons. The molecule has 0 aromatic heterocycles. The largest absolute Gasteiger partial charge is 0.325 e. The first-order valence-corrected chi connectivity index (χ1v) is 10.2. The van der Waals surface area contributed by atoms with Crippen molar-refractivity contribution in [1.29, 1.82) is 0 Å². The van der Waals surface area contributed by atoms with Crippen LogP contribution in [0.3, 0.4) is 0 Å². The van der Waals surface area contributed by atoms with E-state index in [0.717, 1.165) is 10.0 Å². The Balaban J connectivity index is 1.78. The lowest BCUT2D eigenvalue weighted by molar-refractivity contribution is -0.128. The molecule has 27 heavy (non-hydrogen) atoms. The van der Waals surface area contributed by atoms with Gasteiger partial charge in [0.15, 0.2) is 5.17 Å². The highest BCUT2D eigenvalue weighted by molar-refractivity contribution is 9.10. The highest BCUT2D eigenvalue weighted by Crippen LogP contribution is 2.30. The Morgan fingerprint density at radius 2 is 2.00 bits per heavy atom. The fourth-order valence-corrected chi connectivity index (χ4v) is 3.91. The van der Waals surface area contributed by atoms with E-state index in [1.165, 1.54) is 16.7 Å². The monoisotopic (exact) mass is 465 g/mol. The van der Waals surface area contributed by atoms with Crippen LogP contribution in [0, 0.1) is 6.92 Å². The minimum absolute atomic E-state index is 0.127. The summed E-state index contributed by atoms with van der Waals surface area (Å²) in [5.74, 6) is -0.363. The van der Waals surface area contributed by atoms with Gasteiger partial charge in [0.2, 0.25) is 11.8 Å². The maximum atomic E-state index is 12.6. The molecule has 2 aromatic rings. The number of anilines is 1. The third-order valence-electron chi connectivity index (χ3n) is 4.04. The van der Waals surface area contributed by atoms with Gasteiger partial charge in [-0.2, -0.15) is 0 Å². The number of carbonyl (C=O) groups excluding carboxylic acids is 2. The lowest BCUT2D eigenvalue weighted by Crippen LogP contribution is -2.43. The smallest absolute Gasteiger partial charge is 0.238 e. The fourth-order valence-electron chi connectivity index (χ4n) is 2.46. The molecular weight excluding hydrogens is 450 g/mol. The maximum Gasteiger partial charge on any atom is 0.238 e. The molecule has 8 heteroatoms. The molecule has 5 nitrogen and oxygen atoms in total. The standard InChI is InChI=1S/C19H17BrClN3O2S/c1-11-9-14(7-8-15(11)21)23-19-24(2)17(25)10-16(27-19)18(26)22-13-5-3-12(20)4-6-13/h3-9,16H,10H2,1-2H3,(H,22,26). The van der Waals surface area contributed by atoms with E-state index in [-0.39, 0.29) is 18.2 Å². The first kappa shape index (κ1) is 19.9. The number of nitrogens with one attached hydrogen (secondary N) is 1. The predicted molar refractivity (Wildman–Crippen MR) is 115 cm³/mol. The minimum atomic E-state index is -0.538. The van der Waals surface area contributed by atoms with Crippen molar-refractivity contribution in [3.63, 3.8) is 0 Å². The number of amides is 2. The molecule has 1 fully saturated rings. The van der Waals surface area contributed by atoms with E-state index in [4.69, 9.17) is 11.6 Å². The predicted octanol–water partition coefficient (Wildman–Crippen LogP) is 5.00. The first-order valence-electron chi connectivity index (χ1n) is 8.18. The number of halogens is 2. The van der Waals surface area contributed by atoms with E-state index in [1.807, 2.05) is 25.1 Å². The molecule has 140 valence electrons. The summed E-state index contributed by atoms with van der Waals surface area (Å²) in [6, 6.07) is 12.7. The Hall–Kier alpha value is -1.83. The molecule has 0 spiro atoms. The maximum absolute atomic E-state index is 12.6. The molecule has 3 rings (SSSR count). The van der Waals surface area contributed by atoms with Gasteiger partial charge >= 0.3 is 0 Å². The van der Waals surface area contributed by atoms with Gasteiger partial charge in [-0.05, 0) is 55.0 Å². The average molecular weight is 467 g/mol. The summed E-state index contributed by atoms with van der Waals surface area (Å²) in [7, 11) is 1.67. The van der Waals surface area contributed by atoms with E-state index >= 15 is 0 Å². The number of hydrogen-bond acceptors (Lipinski definition) is 4. The van der Waals surface area contributed by atoms with Gasteiger partial charge in [0.25, 0.3) is 0 Å². The van der Waals surface area contributed by atoms with Gasteiger partial charge in [0.1, 0.15) is 5.25 Å². The van der Waals surface area contributed by atoms with Crippen LogP contribution in [0.5, 0.6) is 0 Å². The third-order valence-corrected chi connectivity index (χ3v) is 6.23. The number of hydrogen-bond donors (Lipinski definition) is 1. The summed E-state index contributed by atoms with van der Waals surface area (Å²) in [5, 5.41) is 3.46. The number of benzene rings is 2. The zero-order valence-corrected chi connectivity index (χ0v) is 17.9. The van der Waals surface area contributed by atoms with Crippen molar-refractivity contribution in [2.45, 2.75) is 18.6 Å². The number of aliphatic imine (C=N–C) groups is 1. The van der Waals surface area contributed by atoms with Crippen molar-refractivity contribution in [2.24, 2.45) is 4.99 Å². The van der Waals surface area contributed by atoms with E-state index in [1.54, 1.807) is 31.3 Å². The van der Waals surface area contributed by atoms with Crippen LogP contribution in [0.2, 0.25) is 5.02 Å². The first-order chi connectivity index (χ1) is 12.8. The van der Waals surface area contributed by atoms with Crippen molar-refractivity contribution < 1.29 is 9.59 Å². The number of aryl methyl sites for hydroxylation is 1. The number of amidine groups is 1. The van der Waals surface area contributed by atoms with Crippen molar-refractivity contribution in [1.82, 2.24) is 4.90 Å². The molecule has 1 atom stereocenters. The van der Waals surface area contributed by atoms with E-state index in [2.05, 4.69) is 26.2 Å². The average Bonchev–Trinajstić information content (AvgIpc) is 2.63. The van der Waals surface area contributed by atoms with Gasteiger partial charge in [-0.3, -0.25) is 14.5 Å². The molecule has 2 aromatic carbocycles. The number of nitrogens with zero attached hydrogens (tertiary/aromatic N) is 2. The van der Waals surface area contributed by atoms with Gasteiger partial charge in [0.05, 0.1) is 5.69 Å². The SMILES string of the molecule is Cc1cc(N=C2SC(C(=O)Nc3ccc(Br)cc3)CC(=O)N2C)ccc1Cl. The van der Waals surface area contributed by atoms with Crippen molar-refractivity contribution in [2.75, 3.05) is 12.4 Å². The molecule has 1 aliphatic rings. The molecule has 0 saturated carbocycles. The number of carbonyl (C=O) groups is 2. The van der Waals surface area contributed by atoms with Crippen LogP contribution in [0.15, 0.2) is 51.9 Å². The summed E-state index contributed by atoms with van der Waals surface area (Å²) in [5.41, 5.74) is 2.27. The second kappa shape index (κ2) is 8.46. The summed E-state index contributed by atoms with van der Waals surface area (Å²) < 4.78 is 0.928. The van der Waals surface area contributed by atoms with E-state index in [9.17, 15) is 9.59 Å². The van der Waals surface area contributed by atoms with Gasteiger partial charge < -0.3 is 5.32 Å². The second-order valence-corrected chi connectivity index (χ2v) is 8.58. The van der Waals surface area contributed by atoms with Crippen molar-refractivity contribution in [3.05, 3.63) is 57.5 Å². The summed E-state index contributed by atoms with van der Waals surface area (Å²) in [6.07, 6.45) is 0.127. The van der Waals surface area contributed by atoms with Crippen LogP contribution in [0.1, 0.15) is 12.0 Å². The highest BCUT2D eigenvalue weighted by atomic mass is 79.9. The molecule has 1 saturated heterocycles. The molecule has 1 unspecified atom stereocenters. The molecule has 1 N–H and O–H groups in total. The van der Waals surface area contributed by atoms with Gasteiger partial charge in [0, 0.05) is 28.7 Å². The number of rotatable bonds is 3. The molecule has 1 heterocycles. The van der Waals surface area contributed by atoms with Gasteiger partial charge in [-0.1, -0.05) is 39.3 Å².